The summed E-state index contributed by atoms with van der Waals surface area (Å²) in [4.78, 5) is 39.5. The molecule has 1 N–H and O–H groups in total. The minimum absolute atomic E-state index is 0.172. The van der Waals surface area contributed by atoms with Gasteiger partial charge in [0.15, 0.2) is 0 Å². The average Bonchev–Trinajstić information content (AvgIpc) is 2.66. The van der Waals surface area contributed by atoms with Gasteiger partial charge in [-0.2, -0.15) is 0 Å². The number of nitrogens with one attached hydrogen (secondary N) is 1. The smallest absolute Gasteiger partial charge is 0.335 e. The van der Waals surface area contributed by atoms with E-state index in [1.54, 1.807) is 12.2 Å². The van der Waals surface area contributed by atoms with Crippen LogP contribution in [0.25, 0.3) is 6.08 Å². The van der Waals surface area contributed by atoms with Crippen molar-refractivity contribution >= 4 is 35.3 Å². The molecule has 28 heavy (non-hydrogen) atoms. The van der Waals surface area contributed by atoms with Crippen LogP contribution in [0.4, 0.5) is 20.6 Å². The lowest BCUT2D eigenvalue weighted by molar-refractivity contribution is -0.122. The van der Waals surface area contributed by atoms with Crippen molar-refractivity contribution in [2.75, 3.05) is 23.9 Å². The van der Waals surface area contributed by atoms with E-state index in [2.05, 4.69) is 5.32 Å². The van der Waals surface area contributed by atoms with E-state index in [1.165, 1.54) is 18.2 Å². The summed E-state index contributed by atoms with van der Waals surface area (Å²) in [7, 11) is 3.88. The largest absolute Gasteiger partial charge is 0.378 e. The van der Waals surface area contributed by atoms with Gasteiger partial charge in [-0.25, -0.2) is 14.1 Å². The second-order valence-electron chi connectivity index (χ2n) is 6.30. The Morgan fingerprint density at radius 1 is 0.964 bits per heavy atom. The van der Waals surface area contributed by atoms with Crippen LogP contribution in [0.5, 0.6) is 0 Å². The second-order valence-corrected chi connectivity index (χ2v) is 6.30. The quantitative estimate of drug-likeness (QED) is 0.655. The number of imide groups is 2. The third kappa shape index (κ3) is 3.98. The highest BCUT2D eigenvalue weighted by molar-refractivity contribution is 6.37. The van der Waals surface area contributed by atoms with Crippen molar-refractivity contribution < 1.29 is 18.8 Å². The summed E-state index contributed by atoms with van der Waals surface area (Å²) in [5.74, 6) is -2.04. The number of allylic oxidation sites excluding steroid dienone is 2. The molecule has 0 radical (unpaired) electrons. The zero-order valence-corrected chi connectivity index (χ0v) is 15.3. The number of rotatable bonds is 4. The highest BCUT2D eigenvalue weighted by Crippen LogP contribution is 2.21. The SMILES string of the molecule is CN(C)c1ccc(C=CC=C2C(=O)NC(=O)N(c3ccc(F)cc3)C2=O)cc1. The first kappa shape index (κ1) is 19.0. The maximum absolute atomic E-state index is 13.1. The number of anilines is 2. The number of carbonyl (C=O) groups is 3. The molecular weight excluding hydrogens is 361 g/mol. The van der Waals surface area contributed by atoms with Crippen molar-refractivity contribution in [3.63, 3.8) is 0 Å². The molecule has 2 aromatic rings. The van der Waals surface area contributed by atoms with E-state index in [0.717, 1.165) is 28.3 Å². The van der Waals surface area contributed by atoms with Crippen LogP contribution in [0, 0.1) is 5.82 Å². The molecule has 1 aliphatic rings. The lowest BCUT2D eigenvalue weighted by atomic mass is 10.1. The summed E-state index contributed by atoms with van der Waals surface area (Å²) in [6.07, 6.45) is 4.66. The Labute approximate surface area is 161 Å². The van der Waals surface area contributed by atoms with Gasteiger partial charge in [-0.15, -0.1) is 0 Å². The zero-order chi connectivity index (χ0) is 20.3. The number of carbonyl (C=O) groups excluding carboxylic acids is 3. The molecule has 0 atom stereocenters. The van der Waals surface area contributed by atoms with Crippen LogP contribution >= 0.6 is 0 Å². The number of amides is 4. The Balaban J connectivity index is 1.83. The van der Waals surface area contributed by atoms with Gasteiger partial charge >= 0.3 is 6.03 Å². The number of barbiturate groups is 1. The molecule has 7 heteroatoms. The zero-order valence-electron chi connectivity index (χ0n) is 15.3. The summed E-state index contributed by atoms with van der Waals surface area (Å²) in [6.45, 7) is 0. The summed E-state index contributed by atoms with van der Waals surface area (Å²) in [5, 5.41) is 2.12. The van der Waals surface area contributed by atoms with Gasteiger partial charge in [0.05, 0.1) is 5.69 Å². The molecule has 1 heterocycles. The highest BCUT2D eigenvalue weighted by atomic mass is 19.1. The molecule has 0 spiro atoms. The van der Waals surface area contributed by atoms with Crippen molar-refractivity contribution in [2.45, 2.75) is 0 Å². The average molecular weight is 379 g/mol. The molecule has 1 fully saturated rings. The molecule has 142 valence electrons. The fourth-order valence-corrected chi connectivity index (χ4v) is 2.64. The van der Waals surface area contributed by atoms with Crippen LogP contribution in [0.3, 0.4) is 0 Å². The molecule has 0 unspecified atom stereocenters. The van der Waals surface area contributed by atoms with E-state index in [9.17, 15) is 18.8 Å². The van der Waals surface area contributed by atoms with E-state index in [0.29, 0.717) is 0 Å². The van der Waals surface area contributed by atoms with E-state index in [-0.39, 0.29) is 11.3 Å². The molecule has 1 aliphatic heterocycles. The number of hydrogen-bond donors (Lipinski definition) is 1. The fourth-order valence-electron chi connectivity index (χ4n) is 2.64. The normalized spacial score (nSPS) is 16.0. The Morgan fingerprint density at radius 2 is 1.61 bits per heavy atom. The first-order valence-corrected chi connectivity index (χ1v) is 8.48. The van der Waals surface area contributed by atoms with Crippen molar-refractivity contribution in [2.24, 2.45) is 0 Å². The van der Waals surface area contributed by atoms with Gasteiger partial charge < -0.3 is 4.90 Å². The summed E-state index contributed by atoms with van der Waals surface area (Å²) < 4.78 is 13.1. The summed E-state index contributed by atoms with van der Waals surface area (Å²) >= 11 is 0. The van der Waals surface area contributed by atoms with Crippen LogP contribution in [-0.4, -0.2) is 31.9 Å². The molecule has 0 aliphatic carbocycles. The molecule has 3 rings (SSSR count). The van der Waals surface area contributed by atoms with Gasteiger partial charge in [0.25, 0.3) is 11.8 Å². The molecular formula is C21H18FN3O3. The van der Waals surface area contributed by atoms with Gasteiger partial charge in [-0.3, -0.25) is 14.9 Å². The number of nitrogens with zero attached hydrogens (tertiary/aromatic N) is 2. The lowest BCUT2D eigenvalue weighted by Gasteiger charge is -2.26. The summed E-state index contributed by atoms with van der Waals surface area (Å²) in [5.41, 5.74) is 1.92. The molecule has 4 amide bonds. The van der Waals surface area contributed by atoms with E-state index >= 15 is 0 Å². The molecule has 6 nitrogen and oxygen atoms in total. The number of hydrogen-bond acceptors (Lipinski definition) is 4. The maximum atomic E-state index is 13.1. The van der Waals surface area contributed by atoms with Crippen molar-refractivity contribution in [1.29, 1.82) is 0 Å². The Morgan fingerprint density at radius 3 is 2.21 bits per heavy atom. The van der Waals surface area contributed by atoms with Crippen LogP contribution < -0.4 is 15.1 Å². The van der Waals surface area contributed by atoms with Crippen LogP contribution in [0.15, 0.2) is 66.3 Å². The predicted octanol–water partition coefficient (Wildman–Crippen LogP) is 3.11. The monoisotopic (exact) mass is 379 g/mol. The first-order chi connectivity index (χ1) is 13.4. The summed E-state index contributed by atoms with van der Waals surface area (Å²) in [6, 6.07) is 11.7. The van der Waals surface area contributed by atoms with E-state index in [1.807, 2.05) is 43.3 Å². The standard InChI is InChI=1S/C21H18FN3O3/c1-24(2)16-10-6-14(7-11-16)4-3-5-18-19(26)23-21(28)25(20(18)27)17-12-8-15(22)9-13-17/h3-13H,1-2H3,(H,23,26,28). The van der Waals surface area contributed by atoms with Crippen molar-refractivity contribution in [1.82, 2.24) is 5.32 Å². The maximum Gasteiger partial charge on any atom is 0.335 e. The second kappa shape index (κ2) is 7.87. The van der Waals surface area contributed by atoms with Crippen molar-refractivity contribution in [3.05, 3.63) is 77.6 Å². The molecule has 0 aromatic heterocycles. The molecule has 2 aromatic carbocycles. The topological polar surface area (TPSA) is 69.7 Å². The number of halogens is 1. The minimum atomic E-state index is -0.873. The van der Waals surface area contributed by atoms with E-state index < -0.39 is 23.7 Å². The Hall–Kier alpha value is -3.74. The van der Waals surface area contributed by atoms with Gasteiger partial charge in [0.2, 0.25) is 0 Å². The number of urea groups is 1. The van der Waals surface area contributed by atoms with Gasteiger partial charge in [-0.05, 0) is 48.0 Å². The fraction of sp³-hybridized carbons (Fsp3) is 0.0952. The Kier molecular flexibility index (Phi) is 5.35. The third-order valence-corrected chi connectivity index (χ3v) is 4.15. The van der Waals surface area contributed by atoms with E-state index in [4.69, 9.17) is 0 Å². The van der Waals surface area contributed by atoms with Gasteiger partial charge in [0.1, 0.15) is 11.4 Å². The lowest BCUT2D eigenvalue weighted by Crippen LogP contribution is -2.54. The number of benzene rings is 2. The highest BCUT2D eigenvalue weighted by Gasteiger charge is 2.36. The third-order valence-electron chi connectivity index (χ3n) is 4.15. The Bertz CT molecular complexity index is 977. The molecule has 0 saturated carbocycles. The van der Waals surface area contributed by atoms with Gasteiger partial charge in [-0.1, -0.05) is 24.3 Å². The van der Waals surface area contributed by atoms with Crippen LogP contribution in [0.2, 0.25) is 0 Å². The minimum Gasteiger partial charge on any atom is -0.378 e. The molecule has 1 saturated heterocycles. The first-order valence-electron chi connectivity index (χ1n) is 8.48. The van der Waals surface area contributed by atoms with Crippen LogP contribution in [-0.2, 0) is 9.59 Å². The van der Waals surface area contributed by atoms with Crippen molar-refractivity contribution in [3.8, 4) is 0 Å². The van der Waals surface area contributed by atoms with Crippen LogP contribution in [0.1, 0.15) is 5.56 Å². The van der Waals surface area contributed by atoms with Gasteiger partial charge in [0, 0.05) is 19.8 Å². The predicted molar refractivity (Wildman–Crippen MR) is 105 cm³/mol. The molecule has 0 bridgehead atoms.